The van der Waals surface area contributed by atoms with Crippen LogP contribution in [0.2, 0.25) is 5.02 Å². The Bertz CT molecular complexity index is 510. The molecule has 102 valence electrons. The maximum Gasteiger partial charge on any atom is 0.119 e. The van der Waals surface area contributed by atoms with Crippen LogP contribution >= 0.6 is 11.6 Å². The number of nitrogens with zero attached hydrogens (tertiary/aromatic N) is 2. The molecule has 2 rings (SSSR count). The molecular formula is C14H18ClN3O. The van der Waals surface area contributed by atoms with Gasteiger partial charge in [-0.25, -0.2) is 4.98 Å². The number of aromatic nitrogens is 2. The Morgan fingerprint density at radius 3 is 2.74 bits per heavy atom. The smallest absolute Gasteiger partial charge is 0.119 e. The van der Waals surface area contributed by atoms with Gasteiger partial charge in [-0.2, -0.15) is 0 Å². The molecule has 0 aliphatic carbocycles. The van der Waals surface area contributed by atoms with Crippen molar-refractivity contribution in [3.8, 4) is 5.75 Å². The predicted molar refractivity (Wildman–Crippen MR) is 76.5 cm³/mol. The van der Waals surface area contributed by atoms with Crippen molar-refractivity contribution >= 4 is 11.6 Å². The van der Waals surface area contributed by atoms with Crippen molar-refractivity contribution in [2.75, 3.05) is 6.61 Å². The van der Waals surface area contributed by atoms with Crippen molar-refractivity contribution in [1.29, 1.82) is 0 Å². The van der Waals surface area contributed by atoms with Gasteiger partial charge in [0, 0.05) is 36.9 Å². The molecule has 1 unspecified atom stereocenters. The van der Waals surface area contributed by atoms with E-state index in [0.717, 1.165) is 24.4 Å². The zero-order valence-electron chi connectivity index (χ0n) is 10.9. The maximum absolute atomic E-state index is 6.03. The molecule has 0 bridgehead atoms. The zero-order chi connectivity index (χ0) is 13.7. The van der Waals surface area contributed by atoms with Crippen LogP contribution in [-0.4, -0.2) is 22.2 Å². The molecule has 0 aliphatic heterocycles. The molecule has 1 atom stereocenters. The first-order chi connectivity index (χ1) is 9.15. The lowest BCUT2D eigenvalue weighted by Gasteiger charge is -2.13. The van der Waals surface area contributed by atoms with E-state index in [1.807, 2.05) is 29.9 Å². The summed E-state index contributed by atoms with van der Waals surface area (Å²) < 4.78 is 7.62. The molecule has 0 saturated heterocycles. The van der Waals surface area contributed by atoms with Crippen LogP contribution in [0.1, 0.15) is 12.2 Å². The third-order valence-electron chi connectivity index (χ3n) is 2.94. The van der Waals surface area contributed by atoms with Crippen molar-refractivity contribution in [3.05, 3.63) is 47.5 Å². The van der Waals surface area contributed by atoms with Gasteiger partial charge in [0.15, 0.2) is 0 Å². The molecule has 2 aromatic rings. The van der Waals surface area contributed by atoms with Crippen LogP contribution in [0.5, 0.6) is 5.75 Å². The van der Waals surface area contributed by atoms with Gasteiger partial charge in [-0.1, -0.05) is 11.6 Å². The molecule has 19 heavy (non-hydrogen) atoms. The molecular weight excluding hydrogens is 262 g/mol. The quantitative estimate of drug-likeness (QED) is 0.883. The third-order valence-corrected chi connectivity index (χ3v) is 3.19. The number of rotatable bonds is 6. The number of hydrogen-bond donors (Lipinski definition) is 1. The second kappa shape index (κ2) is 6.59. The van der Waals surface area contributed by atoms with Gasteiger partial charge in [0.05, 0.1) is 0 Å². The lowest BCUT2D eigenvalue weighted by atomic mass is 10.2. The first-order valence-corrected chi connectivity index (χ1v) is 6.63. The second-order valence-electron chi connectivity index (χ2n) is 4.52. The fraction of sp³-hybridized carbons (Fsp3) is 0.357. The summed E-state index contributed by atoms with van der Waals surface area (Å²) in [5.74, 6) is 1.83. The topological polar surface area (TPSA) is 53.1 Å². The fourth-order valence-electron chi connectivity index (χ4n) is 1.77. The van der Waals surface area contributed by atoms with E-state index in [4.69, 9.17) is 22.1 Å². The minimum atomic E-state index is -0.00706. The Labute approximate surface area is 118 Å². The average molecular weight is 280 g/mol. The summed E-state index contributed by atoms with van der Waals surface area (Å²) in [6.07, 6.45) is 5.43. The summed E-state index contributed by atoms with van der Waals surface area (Å²) in [5.41, 5.74) is 6.03. The number of ether oxygens (including phenoxy) is 1. The Kier molecular flexibility index (Phi) is 4.82. The molecule has 0 saturated carbocycles. The zero-order valence-corrected chi connectivity index (χ0v) is 11.7. The van der Waals surface area contributed by atoms with Crippen molar-refractivity contribution in [2.45, 2.75) is 18.9 Å². The van der Waals surface area contributed by atoms with E-state index >= 15 is 0 Å². The van der Waals surface area contributed by atoms with Crippen LogP contribution in [0.4, 0.5) is 0 Å². The second-order valence-corrected chi connectivity index (χ2v) is 4.95. The lowest BCUT2D eigenvalue weighted by molar-refractivity contribution is 0.281. The van der Waals surface area contributed by atoms with Gasteiger partial charge in [-0.15, -0.1) is 0 Å². The number of nitrogens with two attached hydrogens (primary N) is 1. The van der Waals surface area contributed by atoms with E-state index in [2.05, 4.69) is 4.98 Å². The van der Waals surface area contributed by atoms with Gasteiger partial charge < -0.3 is 15.0 Å². The normalized spacial score (nSPS) is 12.4. The van der Waals surface area contributed by atoms with Gasteiger partial charge in [0.25, 0.3) is 0 Å². The number of hydrogen-bond acceptors (Lipinski definition) is 3. The van der Waals surface area contributed by atoms with Crippen molar-refractivity contribution < 1.29 is 4.74 Å². The molecule has 4 nitrogen and oxygen atoms in total. The van der Waals surface area contributed by atoms with Crippen LogP contribution < -0.4 is 10.5 Å². The summed E-state index contributed by atoms with van der Waals surface area (Å²) in [5, 5.41) is 0.700. The predicted octanol–water partition coefficient (Wildman–Crippen LogP) is 2.41. The highest BCUT2D eigenvalue weighted by Crippen LogP contribution is 2.15. The van der Waals surface area contributed by atoms with Crippen LogP contribution in [0.15, 0.2) is 36.7 Å². The van der Waals surface area contributed by atoms with Gasteiger partial charge in [0.1, 0.15) is 18.2 Å². The minimum absolute atomic E-state index is 0.00706. The van der Waals surface area contributed by atoms with Gasteiger partial charge in [-0.05, 0) is 30.7 Å². The number of halogens is 1. The molecule has 0 radical (unpaired) electrons. The number of aryl methyl sites for hydroxylation is 2. The Hall–Kier alpha value is -1.52. The largest absolute Gasteiger partial charge is 0.492 e. The monoisotopic (exact) mass is 279 g/mol. The Morgan fingerprint density at radius 1 is 1.37 bits per heavy atom. The Balaban J connectivity index is 1.74. The maximum atomic E-state index is 6.03. The van der Waals surface area contributed by atoms with Crippen LogP contribution in [0, 0.1) is 0 Å². The van der Waals surface area contributed by atoms with Crippen molar-refractivity contribution in [1.82, 2.24) is 9.55 Å². The van der Waals surface area contributed by atoms with Crippen LogP contribution in [0.3, 0.4) is 0 Å². The van der Waals surface area contributed by atoms with Gasteiger partial charge in [-0.3, -0.25) is 0 Å². The first kappa shape index (κ1) is 13.9. The molecule has 0 spiro atoms. The molecule has 5 heteroatoms. The minimum Gasteiger partial charge on any atom is -0.492 e. The molecule has 1 heterocycles. The van der Waals surface area contributed by atoms with Crippen molar-refractivity contribution in [2.24, 2.45) is 12.8 Å². The SMILES string of the molecule is Cn1ccnc1CCC(N)COc1ccc(Cl)cc1. The average Bonchev–Trinajstić information content (AvgIpc) is 2.81. The van der Waals surface area contributed by atoms with E-state index in [9.17, 15) is 0 Å². The van der Waals surface area contributed by atoms with Crippen LogP contribution in [0.25, 0.3) is 0 Å². The number of benzene rings is 1. The first-order valence-electron chi connectivity index (χ1n) is 6.25. The highest BCUT2D eigenvalue weighted by atomic mass is 35.5. The standard InChI is InChI=1S/C14H18ClN3O/c1-18-9-8-17-14(18)7-4-12(16)10-19-13-5-2-11(15)3-6-13/h2-3,5-6,8-9,12H,4,7,10,16H2,1H3. The van der Waals surface area contributed by atoms with Crippen LogP contribution in [-0.2, 0) is 13.5 Å². The summed E-state index contributed by atoms with van der Waals surface area (Å²) in [6, 6.07) is 7.28. The van der Waals surface area contributed by atoms with Crippen molar-refractivity contribution in [3.63, 3.8) is 0 Å². The highest BCUT2D eigenvalue weighted by Gasteiger charge is 2.07. The van der Waals surface area contributed by atoms with E-state index in [-0.39, 0.29) is 6.04 Å². The molecule has 0 amide bonds. The summed E-state index contributed by atoms with van der Waals surface area (Å²) in [4.78, 5) is 4.27. The molecule has 1 aromatic carbocycles. The molecule has 2 N–H and O–H groups in total. The third kappa shape index (κ3) is 4.26. The van der Waals surface area contributed by atoms with Gasteiger partial charge in [0.2, 0.25) is 0 Å². The summed E-state index contributed by atoms with van der Waals surface area (Å²) in [6.45, 7) is 0.492. The number of imidazole rings is 1. The Morgan fingerprint density at radius 2 is 2.11 bits per heavy atom. The van der Waals surface area contributed by atoms with E-state index in [1.54, 1.807) is 18.3 Å². The lowest BCUT2D eigenvalue weighted by Crippen LogP contribution is -2.28. The fourth-order valence-corrected chi connectivity index (χ4v) is 1.90. The van der Waals surface area contributed by atoms with Gasteiger partial charge >= 0.3 is 0 Å². The van der Waals surface area contributed by atoms with E-state index in [1.165, 1.54) is 0 Å². The molecule has 1 aromatic heterocycles. The summed E-state index contributed by atoms with van der Waals surface area (Å²) >= 11 is 5.81. The summed E-state index contributed by atoms with van der Waals surface area (Å²) in [7, 11) is 1.98. The van der Waals surface area contributed by atoms with E-state index < -0.39 is 0 Å². The molecule has 0 aliphatic rings. The molecule has 0 fully saturated rings. The van der Waals surface area contributed by atoms with E-state index in [0.29, 0.717) is 11.6 Å². The highest BCUT2D eigenvalue weighted by molar-refractivity contribution is 6.30.